The van der Waals surface area contributed by atoms with Crippen molar-refractivity contribution in [2.24, 2.45) is 0 Å². The summed E-state index contributed by atoms with van der Waals surface area (Å²) in [5, 5.41) is 9.34. The first-order valence-electron chi connectivity index (χ1n) is 3.32. The first kappa shape index (κ1) is 8.34. The Bertz CT molecular complexity index is 268. The summed E-state index contributed by atoms with van der Waals surface area (Å²) in [5.41, 5.74) is 0.906. The molecule has 0 amide bonds. The van der Waals surface area contributed by atoms with Crippen LogP contribution in [0.4, 0.5) is 0 Å². The molecule has 1 N–H and O–H groups in total. The lowest BCUT2D eigenvalue weighted by atomic mass is 10.1. The van der Waals surface area contributed by atoms with Crippen LogP contribution in [-0.4, -0.2) is 5.11 Å². The van der Waals surface area contributed by atoms with E-state index in [4.69, 9.17) is 0 Å². The van der Waals surface area contributed by atoms with Gasteiger partial charge in [0.25, 0.3) is 0 Å². The van der Waals surface area contributed by atoms with Gasteiger partial charge in [-0.2, -0.15) is 0 Å². The molecule has 0 aromatic heterocycles. The second kappa shape index (κ2) is 3.58. The van der Waals surface area contributed by atoms with Crippen LogP contribution in [0.3, 0.4) is 0 Å². The second-order valence-electron chi connectivity index (χ2n) is 2.27. The summed E-state index contributed by atoms with van der Waals surface area (Å²) in [6.45, 7) is 3.60. The van der Waals surface area contributed by atoms with E-state index in [0.717, 1.165) is 10.0 Å². The maximum Gasteiger partial charge on any atom is 0.120 e. The van der Waals surface area contributed by atoms with Gasteiger partial charge in [0, 0.05) is 4.47 Å². The molecular formula is C9H9BrO. The number of hydrogen-bond acceptors (Lipinski definition) is 1. The van der Waals surface area contributed by atoms with Crippen molar-refractivity contribution in [3.63, 3.8) is 0 Å². The largest absolute Gasteiger partial charge is 0.508 e. The normalized spacial score (nSPS) is 9.55. The summed E-state index contributed by atoms with van der Waals surface area (Å²) in [6.07, 6.45) is 2.47. The molecule has 0 aliphatic heterocycles. The van der Waals surface area contributed by atoms with E-state index in [0.29, 0.717) is 12.2 Å². The van der Waals surface area contributed by atoms with E-state index in [1.54, 1.807) is 12.1 Å². The lowest BCUT2D eigenvalue weighted by Gasteiger charge is -2.00. The second-order valence-corrected chi connectivity index (χ2v) is 3.18. The van der Waals surface area contributed by atoms with Crippen molar-refractivity contribution in [1.29, 1.82) is 0 Å². The van der Waals surface area contributed by atoms with Crippen LogP contribution in [-0.2, 0) is 6.42 Å². The summed E-state index contributed by atoms with van der Waals surface area (Å²) in [6, 6.07) is 5.46. The Hall–Kier alpha value is -0.760. The Morgan fingerprint density at radius 1 is 1.55 bits per heavy atom. The predicted octanol–water partition coefficient (Wildman–Crippen LogP) is 2.88. The Morgan fingerprint density at radius 2 is 2.27 bits per heavy atom. The minimum Gasteiger partial charge on any atom is -0.508 e. The van der Waals surface area contributed by atoms with Crippen LogP contribution in [0.25, 0.3) is 0 Å². The number of phenols is 1. The van der Waals surface area contributed by atoms with Gasteiger partial charge in [0.05, 0.1) is 0 Å². The SMILES string of the molecule is C=CCc1ccc(Br)cc1O. The molecule has 2 heteroatoms. The standard InChI is InChI=1S/C9H9BrO/c1-2-3-7-4-5-8(10)6-9(7)11/h2,4-6,11H,1,3H2. The van der Waals surface area contributed by atoms with Crippen molar-refractivity contribution < 1.29 is 5.11 Å². The van der Waals surface area contributed by atoms with Gasteiger partial charge in [0.1, 0.15) is 5.75 Å². The van der Waals surface area contributed by atoms with Gasteiger partial charge in [0.2, 0.25) is 0 Å². The van der Waals surface area contributed by atoms with Gasteiger partial charge < -0.3 is 5.11 Å². The number of allylic oxidation sites excluding steroid dienone is 1. The van der Waals surface area contributed by atoms with Crippen LogP contribution in [0.1, 0.15) is 5.56 Å². The number of halogens is 1. The Kier molecular flexibility index (Phi) is 2.71. The summed E-state index contributed by atoms with van der Waals surface area (Å²) in [4.78, 5) is 0. The summed E-state index contributed by atoms with van der Waals surface area (Å²) >= 11 is 3.26. The first-order chi connectivity index (χ1) is 5.24. The third-order valence-corrected chi connectivity index (χ3v) is 1.90. The molecule has 0 spiro atoms. The lowest BCUT2D eigenvalue weighted by Crippen LogP contribution is -1.80. The van der Waals surface area contributed by atoms with Gasteiger partial charge in [-0.05, 0) is 24.1 Å². The van der Waals surface area contributed by atoms with Crippen molar-refractivity contribution in [3.05, 3.63) is 40.9 Å². The molecule has 0 aliphatic rings. The molecule has 58 valence electrons. The Balaban J connectivity index is 2.98. The predicted molar refractivity (Wildman–Crippen MR) is 49.7 cm³/mol. The minimum atomic E-state index is 0.319. The van der Waals surface area contributed by atoms with Gasteiger partial charge in [-0.15, -0.1) is 6.58 Å². The molecular weight excluding hydrogens is 204 g/mol. The highest BCUT2D eigenvalue weighted by atomic mass is 79.9. The third-order valence-electron chi connectivity index (χ3n) is 1.41. The first-order valence-corrected chi connectivity index (χ1v) is 4.11. The summed E-state index contributed by atoms with van der Waals surface area (Å²) in [5.74, 6) is 0.319. The molecule has 0 saturated carbocycles. The van der Waals surface area contributed by atoms with Crippen molar-refractivity contribution in [2.45, 2.75) is 6.42 Å². The topological polar surface area (TPSA) is 20.2 Å². The molecule has 0 fully saturated rings. The fourth-order valence-corrected chi connectivity index (χ4v) is 1.21. The highest BCUT2D eigenvalue weighted by Crippen LogP contribution is 2.22. The smallest absolute Gasteiger partial charge is 0.120 e. The molecule has 0 aliphatic carbocycles. The zero-order valence-electron chi connectivity index (χ0n) is 6.05. The van der Waals surface area contributed by atoms with E-state index in [-0.39, 0.29) is 0 Å². The van der Waals surface area contributed by atoms with E-state index in [9.17, 15) is 5.11 Å². The number of rotatable bonds is 2. The average molecular weight is 213 g/mol. The zero-order valence-corrected chi connectivity index (χ0v) is 7.63. The molecule has 1 nitrogen and oxygen atoms in total. The molecule has 0 bridgehead atoms. The Morgan fingerprint density at radius 3 is 2.82 bits per heavy atom. The van der Waals surface area contributed by atoms with Gasteiger partial charge in [0.15, 0.2) is 0 Å². The van der Waals surface area contributed by atoms with Crippen LogP contribution < -0.4 is 0 Å². The van der Waals surface area contributed by atoms with E-state index < -0.39 is 0 Å². The molecule has 0 radical (unpaired) electrons. The summed E-state index contributed by atoms with van der Waals surface area (Å²) < 4.78 is 0.891. The third kappa shape index (κ3) is 2.09. The van der Waals surface area contributed by atoms with Gasteiger partial charge >= 0.3 is 0 Å². The number of phenolic OH excluding ortho intramolecular Hbond substituents is 1. The van der Waals surface area contributed by atoms with Crippen LogP contribution in [0.15, 0.2) is 35.3 Å². The zero-order chi connectivity index (χ0) is 8.27. The highest BCUT2D eigenvalue weighted by molar-refractivity contribution is 9.10. The molecule has 1 rings (SSSR count). The van der Waals surface area contributed by atoms with Crippen molar-refractivity contribution in [1.82, 2.24) is 0 Å². The summed E-state index contributed by atoms with van der Waals surface area (Å²) in [7, 11) is 0. The van der Waals surface area contributed by atoms with E-state index in [1.807, 2.05) is 12.1 Å². The molecule has 11 heavy (non-hydrogen) atoms. The van der Waals surface area contributed by atoms with Gasteiger partial charge in [-0.1, -0.05) is 28.1 Å². The molecule has 1 aromatic rings. The quantitative estimate of drug-likeness (QED) is 0.749. The van der Waals surface area contributed by atoms with Crippen molar-refractivity contribution in [3.8, 4) is 5.75 Å². The van der Waals surface area contributed by atoms with E-state index in [2.05, 4.69) is 22.5 Å². The Labute approximate surface area is 74.5 Å². The fourth-order valence-electron chi connectivity index (χ4n) is 0.865. The van der Waals surface area contributed by atoms with E-state index in [1.165, 1.54) is 0 Å². The number of benzene rings is 1. The van der Waals surface area contributed by atoms with Gasteiger partial charge in [-0.3, -0.25) is 0 Å². The van der Waals surface area contributed by atoms with Crippen molar-refractivity contribution >= 4 is 15.9 Å². The maximum atomic E-state index is 9.34. The number of hydrogen-bond donors (Lipinski definition) is 1. The van der Waals surface area contributed by atoms with Crippen LogP contribution in [0.5, 0.6) is 5.75 Å². The highest BCUT2D eigenvalue weighted by Gasteiger charge is 1.97. The van der Waals surface area contributed by atoms with E-state index >= 15 is 0 Å². The minimum absolute atomic E-state index is 0.319. The molecule has 0 atom stereocenters. The van der Waals surface area contributed by atoms with Crippen molar-refractivity contribution in [2.75, 3.05) is 0 Å². The number of aromatic hydroxyl groups is 1. The van der Waals surface area contributed by atoms with Gasteiger partial charge in [-0.25, -0.2) is 0 Å². The molecule has 0 heterocycles. The molecule has 0 unspecified atom stereocenters. The monoisotopic (exact) mass is 212 g/mol. The van der Waals surface area contributed by atoms with Crippen LogP contribution in [0, 0.1) is 0 Å². The average Bonchev–Trinajstić information content (AvgIpc) is 1.95. The molecule has 1 aromatic carbocycles. The van der Waals surface area contributed by atoms with Crippen LogP contribution >= 0.6 is 15.9 Å². The maximum absolute atomic E-state index is 9.34. The lowest BCUT2D eigenvalue weighted by molar-refractivity contribution is 0.469. The molecule has 0 saturated heterocycles. The fraction of sp³-hybridized carbons (Fsp3) is 0.111. The van der Waals surface area contributed by atoms with Crippen LogP contribution in [0.2, 0.25) is 0 Å².